The number of amides is 10. The number of hydrogen-bond donors (Lipinski definition) is 10. The van der Waals surface area contributed by atoms with Gasteiger partial charge in [-0.25, -0.2) is 0 Å². The van der Waals surface area contributed by atoms with Gasteiger partial charge in [-0.15, -0.1) is 0 Å². The fourth-order valence-corrected chi connectivity index (χ4v) is 10.9. The molecule has 10 atom stereocenters. The summed E-state index contributed by atoms with van der Waals surface area (Å²) in [7, 11) is 0. The summed E-state index contributed by atoms with van der Waals surface area (Å²) in [5, 5.41) is 23.1. The topological polar surface area (TPSA) is 325 Å². The molecule has 0 aromatic heterocycles. The molecule has 3 rings (SSSR count). The lowest BCUT2D eigenvalue weighted by Crippen LogP contribution is -2.61. The maximum atomic E-state index is 14.7. The first-order chi connectivity index (χ1) is 37.7. The van der Waals surface area contributed by atoms with Gasteiger partial charge in [-0.2, -0.15) is 0 Å². The number of nitrogens with zero attached hydrogens (tertiary/aromatic N) is 2. The third-order valence-corrected chi connectivity index (χ3v) is 14.8. The van der Waals surface area contributed by atoms with Gasteiger partial charge in [0.05, 0.1) is 0 Å². The molecule has 22 heteroatoms. The van der Waals surface area contributed by atoms with Crippen molar-refractivity contribution in [2.24, 2.45) is 47.0 Å². The molecule has 12 N–H and O–H groups in total. The van der Waals surface area contributed by atoms with Crippen molar-refractivity contribution in [3.8, 4) is 0 Å². The summed E-state index contributed by atoms with van der Waals surface area (Å²) in [6.45, 7) is 23.8. The Hall–Kier alpha value is -5.38. The molecule has 3 aliphatic heterocycles. The number of rotatable bonds is 20. The van der Waals surface area contributed by atoms with Gasteiger partial charge in [-0.05, 0) is 151 Å². The summed E-state index contributed by atoms with van der Waals surface area (Å²) >= 11 is 0. The quantitative estimate of drug-likeness (QED) is 0.0787. The van der Waals surface area contributed by atoms with Crippen molar-refractivity contribution in [3.63, 3.8) is 0 Å². The molecule has 0 aromatic carbocycles. The van der Waals surface area contributed by atoms with Crippen molar-refractivity contribution in [1.29, 1.82) is 0 Å². The molecular formula is C58H104N12O10. The van der Waals surface area contributed by atoms with Crippen LogP contribution in [0, 0.1) is 35.5 Å². The van der Waals surface area contributed by atoms with Crippen LogP contribution < -0.4 is 54.0 Å². The minimum absolute atomic E-state index is 0.0955. The highest BCUT2D eigenvalue weighted by Gasteiger charge is 2.43. The van der Waals surface area contributed by atoms with E-state index in [4.69, 9.17) is 11.5 Å². The third-order valence-electron chi connectivity index (χ3n) is 14.8. The summed E-state index contributed by atoms with van der Waals surface area (Å²) < 4.78 is 0. The molecule has 0 unspecified atom stereocenters. The monoisotopic (exact) mass is 1130 g/mol. The molecule has 10 amide bonds. The summed E-state index contributed by atoms with van der Waals surface area (Å²) in [4.78, 5) is 148. The average Bonchev–Trinajstić information content (AvgIpc) is 4.07. The Bertz CT molecular complexity index is 1930. The molecule has 0 spiro atoms. The van der Waals surface area contributed by atoms with Crippen molar-refractivity contribution < 1.29 is 47.9 Å². The van der Waals surface area contributed by atoms with Crippen LogP contribution in [0.4, 0.5) is 0 Å². The number of nitrogens with one attached hydrogen (secondary N) is 8. The van der Waals surface area contributed by atoms with Gasteiger partial charge in [-0.1, -0.05) is 83.1 Å². The number of fused-ring (bicyclic) bond motifs is 2. The van der Waals surface area contributed by atoms with Crippen LogP contribution in [-0.4, -0.2) is 155 Å². The smallest absolute Gasteiger partial charge is 0.245 e. The molecule has 0 bridgehead atoms. The SMILES string of the molecule is CC(C)C[C@@H]1NC(=O)[C@@H]2CCCN2C(=O)[C@@H](CC(C)C)NC(=O)[C@@H](CCCCN)NC(=O)[C@@H](CC(C)C)NC(=O)[C@H](CC(C)C)NC(=O)[C@@H]2CCCN2C(=O)[C@@H](CC(C)C)NC(=O)[C@@H](CCCCN)NC(=O)[C@@H](CC(C)C)NC1=O. The van der Waals surface area contributed by atoms with E-state index in [1.54, 1.807) is 0 Å². The zero-order chi connectivity index (χ0) is 60.0. The van der Waals surface area contributed by atoms with E-state index in [0.717, 1.165) is 0 Å². The zero-order valence-corrected chi connectivity index (χ0v) is 50.5. The average molecular weight is 1130 g/mol. The van der Waals surface area contributed by atoms with Crippen LogP contribution in [0.2, 0.25) is 0 Å². The van der Waals surface area contributed by atoms with E-state index in [2.05, 4.69) is 42.5 Å². The largest absolute Gasteiger partial charge is 0.343 e. The Morgan fingerprint density at radius 2 is 0.562 bits per heavy atom. The first-order valence-electron chi connectivity index (χ1n) is 30.1. The minimum atomic E-state index is -1.15. The van der Waals surface area contributed by atoms with E-state index in [-0.39, 0.29) is 113 Å². The van der Waals surface area contributed by atoms with Gasteiger partial charge >= 0.3 is 0 Å². The Kier molecular flexibility index (Phi) is 29.4. The maximum absolute atomic E-state index is 14.7. The van der Waals surface area contributed by atoms with E-state index >= 15 is 0 Å². The van der Waals surface area contributed by atoms with Crippen LogP contribution >= 0.6 is 0 Å². The highest BCUT2D eigenvalue weighted by molar-refractivity contribution is 5.99. The number of unbranched alkanes of at least 4 members (excludes halogenated alkanes) is 2. The van der Waals surface area contributed by atoms with Crippen LogP contribution in [0.5, 0.6) is 0 Å². The molecule has 0 saturated carbocycles. The van der Waals surface area contributed by atoms with Gasteiger partial charge in [0.15, 0.2) is 0 Å². The number of carbonyl (C=O) groups excluding carboxylic acids is 10. The highest BCUT2D eigenvalue weighted by Crippen LogP contribution is 2.24. The van der Waals surface area contributed by atoms with Crippen LogP contribution in [0.3, 0.4) is 0 Å². The van der Waals surface area contributed by atoms with Crippen LogP contribution in [0.15, 0.2) is 0 Å². The molecule has 3 aliphatic rings. The zero-order valence-electron chi connectivity index (χ0n) is 50.5. The van der Waals surface area contributed by atoms with E-state index in [9.17, 15) is 47.9 Å². The van der Waals surface area contributed by atoms with Gasteiger partial charge < -0.3 is 63.8 Å². The lowest BCUT2D eigenvalue weighted by molar-refractivity contribution is -0.143. The molecule has 0 aromatic rings. The van der Waals surface area contributed by atoms with E-state index in [1.807, 2.05) is 83.1 Å². The molecule has 0 aliphatic carbocycles. The summed E-state index contributed by atoms with van der Waals surface area (Å²) in [5.74, 6) is -6.53. The van der Waals surface area contributed by atoms with Gasteiger partial charge in [0, 0.05) is 13.1 Å². The van der Waals surface area contributed by atoms with E-state index < -0.39 is 119 Å². The van der Waals surface area contributed by atoms with Crippen LogP contribution in [0.1, 0.15) is 186 Å². The van der Waals surface area contributed by atoms with Crippen LogP contribution in [0.25, 0.3) is 0 Å². The Labute approximate surface area is 477 Å². The summed E-state index contributed by atoms with van der Waals surface area (Å²) in [6.07, 6.45) is 4.93. The molecule has 0 radical (unpaired) electrons. The van der Waals surface area contributed by atoms with Crippen molar-refractivity contribution in [2.45, 2.75) is 246 Å². The van der Waals surface area contributed by atoms with E-state index in [0.29, 0.717) is 51.6 Å². The van der Waals surface area contributed by atoms with Crippen molar-refractivity contribution in [3.05, 3.63) is 0 Å². The number of carbonyl (C=O) groups is 10. The van der Waals surface area contributed by atoms with Crippen molar-refractivity contribution >= 4 is 59.1 Å². The number of nitrogens with two attached hydrogens (primary N) is 2. The minimum Gasteiger partial charge on any atom is -0.343 e. The molecule has 3 saturated heterocycles. The Morgan fingerprint density at radius 1 is 0.338 bits per heavy atom. The lowest BCUT2D eigenvalue weighted by atomic mass is 9.98. The standard InChI is InChI=1S/C58H104N12O10/c1-33(2)27-41-51(73)61-39(19-13-15-23-59)49(71)67-45(31-37(9)10)57(79)70-26-18-22-48(70)56(78)66-44(30-36(7)8)54(76)64-42(28-34(3)4)52(74)62-40(20-14-16-24-60)50(72)68-46(32-38(11)12)58(80)69-25-17-21-47(69)55(77)65-43(29-35(5)6)53(75)63-41/h33-48H,13-32,59-60H2,1-12H3,(H,61,73)(H,62,74)(H,63,75)(H,64,76)(H,65,77)(H,66,78)(H,67,71)(H,68,72)/t39-,40-,41-,42-,43+,44+,45-,46-,47+,48+/m1/s1. The Morgan fingerprint density at radius 3 is 0.825 bits per heavy atom. The van der Waals surface area contributed by atoms with Crippen molar-refractivity contribution in [2.75, 3.05) is 26.2 Å². The predicted molar refractivity (Wildman–Crippen MR) is 307 cm³/mol. The highest BCUT2D eigenvalue weighted by atomic mass is 16.2. The Balaban J connectivity index is 2.22. The summed E-state index contributed by atoms with van der Waals surface area (Å²) in [5.41, 5.74) is 11.7. The van der Waals surface area contributed by atoms with Gasteiger partial charge in [0.2, 0.25) is 59.1 Å². The molecule has 22 nitrogen and oxygen atoms in total. The third kappa shape index (κ3) is 22.5. The van der Waals surface area contributed by atoms with Gasteiger partial charge in [-0.3, -0.25) is 47.9 Å². The van der Waals surface area contributed by atoms with Crippen LogP contribution in [-0.2, 0) is 47.9 Å². The molecule has 80 heavy (non-hydrogen) atoms. The first-order valence-corrected chi connectivity index (χ1v) is 30.1. The molecule has 456 valence electrons. The van der Waals surface area contributed by atoms with Gasteiger partial charge in [0.25, 0.3) is 0 Å². The first kappa shape index (κ1) is 68.9. The molecule has 3 heterocycles. The fraction of sp³-hybridized carbons (Fsp3) is 0.828. The summed E-state index contributed by atoms with van der Waals surface area (Å²) in [6, 6.07) is -11.0. The second-order valence-corrected chi connectivity index (χ2v) is 25.2. The van der Waals surface area contributed by atoms with Crippen molar-refractivity contribution in [1.82, 2.24) is 52.3 Å². The fourth-order valence-electron chi connectivity index (χ4n) is 10.9. The second-order valence-electron chi connectivity index (χ2n) is 25.2. The van der Waals surface area contributed by atoms with Gasteiger partial charge in [0.1, 0.15) is 60.4 Å². The lowest BCUT2D eigenvalue weighted by Gasteiger charge is -2.33. The predicted octanol–water partition coefficient (Wildman–Crippen LogP) is 2.39. The number of hydrogen-bond acceptors (Lipinski definition) is 12. The normalized spacial score (nSPS) is 27.2. The maximum Gasteiger partial charge on any atom is 0.245 e. The van der Waals surface area contributed by atoms with E-state index in [1.165, 1.54) is 9.80 Å². The molecule has 3 fully saturated rings. The molecular weight excluding hydrogens is 1020 g/mol. The second kappa shape index (κ2) is 34.2.